The number of anilines is 2. The summed E-state index contributed by atoms with van der Waals surface area (Å²) in [5.41, 5.74) is 2.37. The first-order valence-electron chi connectivity index (χ1n) is 10.9. The Hall–Kier alpha value is -3.55. The molecule has 35 heavy (non-hydrogen) atoms. The number of amides is 3. The van der Waals surface area contributed by atoms with Crippen LogP contribution >= 0.6 is 23.2 Å². The molecule has 7 nitrogen and oxygen atoms in total. The van der Waals surface area contributed by atoms with Crippen LogP contribution in [0.2, 0.25) is 10.0 Å². The Labute approximate surface area is 213 Å². The molecule has 0 aliphatic carbocycles. The standard InChI is InChI=1S/C26H23Cl2N3O4/c1-15(2)24(32)29-13-16-3-9-22(28)20(11-16)25(33)30-18-6-10-23-21(12-18)26(34)31(14-35-23)19-7-4-17(27)5-8-19/h3-12,15H,13-14H2,1-2H3,(H,29,32)(H,30,33). The number of fused-ring (bicyclic) bond motifs is 1. The van der Waals surface area contributed by atoms with Gasteiger partial charge < -0.3 is 15.4 Å². The summed E-state index contributed by atoms with van der Waals surface area (Å²) >= 11 is 12.2. The maximum Gasteiger partial charge on any atom is 0.264 e. The van der Waals surface area contributed by atoms with Crippen LogP contribution in [-0.2, 0) is 11.3 Å². The van der Waals surface area contributed by atoms with Gasteiger partial charge in [0, 0.05) is 28.9 Å². The summed E-state index contributed by atoms with van der Waals surface area (Å²) in [6, 6.07) is 16.7. The number of benzene rings is 3. The molecule has 0 aromatic heterocycles. The molecule has 0 saturated carbocycles. The lowest BCUT2D eigenvalue weighted by molar-refractivity contribution is -0.124. The van der Waals surface area contributed by atoms with E-state index in [1.807, 2.05) is 0 Å². The van der Waals surface area contributed by atoms with E-state index in [0.29, 0.717) is 27.7 Å². The van der Waals surface area contributed by atoms with Gasteiger partial charge in [-0.15, -0.1) is 0 Å². The third kappa shape index (κ3) is 5.58. The van der Waals surface area contributed by atoms with Crippen molar-refractivity contribution in [2.24, 2.45) is 5.92 Å². The van der Waals surface area contributed by atoms with Gasteiger partial charge in [0.05, 0.1) is 16.1 Å². The number of carbonyl (C=O) groups is 3. The van der Waals surface area contributed by atoms with Gasteiger partial charge in [-0.05, 0) is 60.2 Å². The van der Waals surface area contributed by atoms with Crippen LogP contribution in [0, 0.1) is 5.92 Å². The Kier molecular flexibility index (Phi) is 7.28. The van der Waals surface area contributed by atoms with E-state index in [1.165, 1.54) is 4.90 Å². The highest BCUT2D eigenvalue weighted by Gasteiger charge is 2.27. The molecule has 0 atom stereocenters. The van der Waals surface area contributed by atoms with Gasteiger partial charge in [0.2, 0.25) is 5.91 Å². The van der Waals surface area contributed by atoms with Crippen molar-refractivity contribution in [1.82, 2.24) is 5.32 Å². The monoisotopic (exact) mass is 511 g/mol. The van der Waals surface area contributed by atoms with Crippen molar-refractivity contribution in [1.29, 1.82) is 0 Å². The second-order valence-electron chi connectivity index (χ2n) is 8.33. The molecule has 4 rings (SSSR count). The van der Waals surface area contributed by atoms with Crippen LogP contribution in [0.3, 0.4) is 0 Å². The third-order valence-corrected chi connectivity index (χ3v) is 6.05. The van der Waals surface area contributed by atoms with Gasteiger partial charge in [0.25, 0.3) is 11.8 Å². The summed E-state index contributed by atoms with van der Waals surface area (Å²) < 4.78 is 5.74. The van der Waals surface area contributed by atoms with Gasteiger partial charge in [-0.25, -0.2) is 0 Å². The molecule has 9 heteroatoms. The normalized spacial score (nSPS) is 12.7. The second kappa shape index (κ2) is 10.4. The molecule has 1 heterocycles. The minimum Gasteiger partial charge on any atom is -0.472 e. The first kappa shape index (κ1) is 24.6. The van der Waals surface area contributed by atoms with Crippen LogP contribution < -0.4 is 20.3 Å². The number of ether oxygens (including phenoxy) is 1. The van der Waals surface area contributed by atoms with E-state index in [2.05, 4.69) is 10.6 Å². The minimum atomic E-state index is -0.439. The number of rotatable bonds is 6. The SMILES string of the molecule is CC(C)C(=O)NCc1ccc(Cl)c(C(=O)Nc2ccc3c(c2)C(=O)N(c2ccc(Cl)cc2)CO3)c1. The Morgan fingerprint density at radius 2 is 1.77 bits per heavy atom. The quantitative estimate of drug-likeness (QED) is 0.456. The van der Waals surface area contributed by atoms with Gasteiger partial charge in [0.1, 0.15) is 5.75 Å². The number of hydrogen-bond donors (Lipinski definition) is 2. The molecule has 1 aliphatic heterocycles. The van der Waals surface area contributed by atoms with E-state index < -0.39 is 5.91 Å². The first-order chi connectivity index (χ1) is 16.7. The summed E-state index contributed by atoms with van der Waals surface area (Å²) in [6.07, 6.45) is 0. The van der Waals surface area contributed by atoms with Gasteiger partial charge >= 0.3 is 0 Å². The fraction of sp³-hybridized carbons (Fsp3) is 0.192. The summed E-state index contributed by atoms with van der Waals surface area (Å²) in [4.78, 5) is 39.4. The molecule has 2 N–H and O–H groups in total. The molecule has 3 aromatic rings. The Bertz CT molecular complexity index is 1290. The number of nitrogens with zero attached hydrogens (tertiary/aromatic N) is 1. The van der Waals surface area contributed by atoms with E-state index in [-0.39, 0.29) is 41.6 Å². The molecule has 3 aromatic carbocycles. The second-order valence-corrected chi connectivity index (χ2v) is 9.18. The molecule has 3 amide bonds. The fourth-order valence-corrected chi connectivity index (χ4v) is 3.83. The van der Waals surface area contributed by atoms with Gasteiger partial charge in [-0.1, -0.05) is 43.1 Å². The predicted molar refractivity (Wildman–Crippen MR) is 136 cm³/mol. The van der Waals surface area contributed by atoms with Crippen molar-refractivity contribution in [3.05, 3.63) is 87.4 Å². The van der Waals surface area contributed by atoms with Crippen LogP contribution in [0.1, 0.15) is 40.1 Å². The van der Waals surface area contributed by atoms with Crippen LogP contribution in [-0.4, -0.2) is 24.5 Å². The van der Waals surface area contributed by atoms with Crippen LogP contribution in [0.25, 0.3) is 0 Å². The highest BCUT2D eigenvalue weighted by atomic mass is 35.5. The Morgan fingerprint density at radius 3 is 2.49 bits per heavy atom. The van der Waals surface area contributed by atoms with Crippen molar-refractivity contribution >= 4 is 52.3 Å². The summed E-state index contributed by atoms with van der Waals surface area (Å²) in [5.74, 6) is -0.494. The lowest BCUT2D eigenvalue weighted by atomic mass is 10.1. The molecule has 0 spiro atoms. The number of nitrogens with one attached hydrogen (secondary N) is 2. The van der Waals surface area contributed by atoms with E-state index in [1.54, 1.807) is 74.5 Å². The van der Waals surface area contributed by atoms with Gasteiger partial charge in [0.15, 0.2) is 6.73 Å². The maximum atomic E-state index is 13.1. The molecule has 0 unspecified atom stereocenters. The topological polar surface area (TPSA) is 87.7 Å². The van der Waals surface area contributed by atoms with E-state index in [9.17, 15) is 14.4 Å². The Balaban J connectivity index is 1.51. The van der Waals surface area contributed by atoms with E-state index >= 15 is 0 Å². The largest absolute Gasteiger partial charge is 0.472 e. The van der Waals surface area contributed by atoms with Crippen molar-refractivity contribution < 1.29 is 19.1 Å². The zero-order valence-corrected chi connectivity index (χ0v) is 20.6. The summed E-state index contributed by atoms with van der Waals surface area (Å²) in [7, 11) is 0. The van der Waals surface area contributed by atoms with E-state index in [0.717, 1.165) is 5.56 Å². The van der Waals surface area contributed by atoms with Gasteiger partial charge in [-0.3, -0.25) is 19.3 Å². The number of hydrogen-bond acceptors (Lipinski definition) is 4. The molecule has 0 fully saturated rings. The van der Waals surface area contributed by atoms with Gasteiger partial charge in [-0.2, -0.15) is 0 Å². The maximum absolute atomic E-state index is 13.1. The summed E-state index contributed by atoms with van der Waals surface area (Å²) in [5, 5.41) is 6.44. The highest BCUT2D eigenvalue weighted by molar-refractivity contribution is 6.34. The fourth-order valence-electron chi connectivity index (χ4n) is 3.50. The first-order valence-corrected chi connectivity index (χ1v) is 11.7. The minimum absolute atomic E-state index is 0.0644. The molecular formula is C26H23Cl2N3O4. The lowest BCUT2D eigenvalue weighted by Gasteiger charge is -2.29. The average Bonchev–Trinajstić information content (AvgIpc) is 2.84. The smallest absolute Gasteiger partial charge is 0.264 e. The highest BCUT2D eigenvalue weighted by Crippen LogP contribution is 2.31. The van der Waals surface area contributed by atoms with Crippen LogP contribution in [0.15, 0.2) is 60.7 Å². The van der Waals surface area contributed by atoms with Crippen molar-refractivity contribution in [2.75, 3.05) is 16.9 Å². The molecule has 0 radical (unpaired) electrons. The van der Waals surface area contributed by atoms with Crippen LogP contribution in [0.5, 0.6) is 5.75 Å². The number of halogens is 2. The Morgan fingerprint density at radius 1 is 1.03 bits per heavy atom. The van der Waals surface area contributed by atoms with Crippen LogP contribution in [0.4, 0.5) is 11.4 Å². The van der Waals surface area contributed by atoms with Crippen molar-refractivity contribution in [3.8, 4) is 5.75 Å². The molecule has 0 saturated heterocycles. The molecular weight excluding hydrogens is 489 g/mol. The lowest BCUT2D eigenvalue weighted by Crippen LogP contribution is -2.38. The zero-order valence-electron chi connectivity index (χ0n) is 19.1. The van der Waals surface area contributed by atoms with Crippen molar-refractivity contribution in [3.63, 3.8) is 0 Å². The predicted octanol–water partition coefficient (Wildman–Crippen LogP) is 5.51. The number of carbonyl (C=O) groups excluding carboxylic acids is 3. The average molecular weight is 512 g/mol. The zero-order chi connectivity index (χ0) is 25.1. The molecule has 1 aliphatic rings. The third-order valence-electron chi connectivity index (χ3n) is 5.47. The summed E-state index contributed by atoms with van der Waals surface area (Å²) in [6.45, 7) is 3.95. The van der Waals surface area contributed by atoms with E-state index in [4.69, 9.17) is 27.9 Å². The van der Waals surface area contributed by atoms with Crippen molar-refractivity contribution in [2.45, 2.75) is 20.4 Å². The molecule has 180 valence electrons. The molecule has 0 bridgehead atoms.